The summed E-state index contributed by atoms with van der Waals surface area (Å²) in [7, 11) is 3.33. The van der Waals surface area contributed by atoms with Crippen molar-refractivity contribution in [2.24, 2.45) is 4.99 Å². The summed E-state index contributed by atoms with van der Waals surface area (Å²) in [5.41, 5.74) is 1.32. The van der Waals surface area contributed by atoms with Crippen LogP contribution in [0.25, 0.3) is 5.69 Å². The molecule has 0 radical (unpaired) electrons. The van der Waals surface area contributed by atoms with E-state index < -0.39 is 0 Å². The van der Waals surface area contributed by atoms with Gasteiger partial charge in [0.1, 0.15) is 11.6 Å². The fraction of sp³-hybridized carbons (Fsp3) is 0.375. The number of hydrogen-bond donors (Lipinski definition) is 2. The lowest BCUT2D eigenvalue weighted by molar-refractivity contribution is 0.203. The van der Waals surface area contributed by atoms with Crippen molar-refractivity contribution in [3.63, 3.8) is 0 Å². The molecule has 0 saturated carbocycles. The van der Waals surface area contributed by atoms with E-state index in [4.69, 9.17) is 4.74 Å². The molecule has 2 N–H and O–H groups in total. The first-order chi connectivity index (χ1) is 11.2. The molecule has 0 spiro atoms. The third-order valence-electron chi connectivity index (χ3n) is 3.38. The zero-order chi connectivity index (χ0) is 16.7. The molecule has 23 heavy (non-hydrogen) atoms. The fourth-order valence-electron chi connectivity index (χ4n) is 2.17. The zero-order valence-electron chi connectivity index (χ0n) is 13.6. The Kier molecular flexibility index (Phi) is 6.10. The summed E-state index contributed by atoms with van der Waals surface area (Å²) in [5.74, 6) is 1.11. The van der Waals surface area contributed by atoms with Crippen molar-refractivity contribution >= 4 is 5.96 Å². The molecule has 0 saturated heterocycles. The SMILES string of the molecule is CN=C(NCCOC)NCc1ccc(-n2ccnc2C)c(F)c1. The van der Waals surface area contributed by atoms with Crippen molar-refractivity contribution in [1.29, 1.82) is 0 Å². The predicted molar refractivity (Wildman–Crippen MR) is 88.3 cm³/mol. The topological polar surface area (TPSA) is 63.5 Å². The van der Waals surface area contributed by atoms with Crippen molar-refractivity contribution in [2.75, 3.05) is 27.3 Å². The first-order valence-electron chi connectivity index (χ1n) is 7.38. The quantitative estimate of drug-likeness (QED) is 0.483. The molecule has 0 unspecified atom stereocenters. The minimum absolute atomic E-state index is 0.285. The maximum Gasteiger partial charge on any atom is 0.191 e. The average Bonchev–Trinajstić information content (AvgIpc) is 2.97. The van der Waals surface area contributed by atoms with Gasteiger partial charge in [0.05, 0.1) is 12.3 Å². The van der Waals surface area contributed by atoms with E-state index in [1.165, 1.54) is 6.07 Å². The van der Waals surface area contributed by atoms with Crippen molar-refractivity contribution in [2.45, 2.75) is 13.5 Å². The molecule has 0 atom stereocenters. The van der Waals surface area contributed by atoms with Crippen LogP contribution in [-0.4, -0.2) is 42.8 Å². The van der Waals surface area contributed by atoms with Crippen LogP contribution >= 0.6 is 0 Å². The van der Waals surface area contributed by atoms with Crippen LogP contribution in [-0.2, 0) is 11.3 Å². The van der Waals surface area contributed by atoms with Gasteiger partial charge >= 0.3 is 0 Å². The first-order valence-corrected chi connectivity index (χ1v) is 7.38. The second kappa shape index (κ2) is 8.28. The Morgan fingerprint density at radius 2 is 2.22 bits per heavy atom. The number of methoxy groups -OCH3 is 1. The van der Waals surface area contributed by atoms with Gasteiger partial charge in [-0.2, -0.15) is 0 Å². The van der Waals surface area contributed by atoms with E-state index >= 15 is 0 Å². The molecule has 6 nitrogen and oxygen atoms in total. The Hall–Kier alpha value is -2.41. The van der Waals surface area contributed by atoms with Crippen molar-refractivity contribution < 1.29 is 9.13 Å². The molecule has 7 heteroatoms. The van der Waals surface area contributed by atoms with Crippen LogP contribution in [0.3, 0.4) is 0 Å². The molecule has 0 fully saturated rings. The number of nitrogens with zero attached hydrogens (tertiary/aromatic N) is 3. The normalized spacial score (nSPS) is 11.6. The Labute approximate surface area is 135 Å². The van der Waals surface area contributed by atoms with Crippen LogP contribution in [0.5, 0.6) is 0 Å². The van der Waals surface area contributed by atoms with Gasteiger partial charge in [-0.25, -0.2) is 9.37 Å². The van der Waals surface area contributed by atoms with Gasteiger partial charge in [0.15, 0.2) is 5.96 Å². The molecular formula is C16H22FN5O. The van der Waals surface area contributed by atoms with Crippen LogP contribution in [0.2, 0.25) is 0 Å². The van der Waals surface area contributed by atoms with Gasteiger partial charge in [-0.05, 0) is 24.6 Å². The van der Waals surface area contributed by atoms with Crippen LogP contribution in [0.1, 0.15) is 11.4 Å². The summed E-state index contributed by atoms with van der Waals surface area (Å²) in [6, 6.07) is 5.15. The Balaban J connectivity index is 1.99. The lowest BCUT2D eigenvalue weighted by Crippen LogP contribution is -2.38. The number of rotatable bonds is 6. The summed E-state index contributed by atoms with van der Waals surface area (Å²) < 4.78 is 21.0. The molecule has 0 aliphatic carbocycles. The number of aromatic nitrogens is 2. The van der Waals surface area contributed by atoms with E-state index in [9.17, 15) is 4.39 Å². The number of ether oxygens (including phenoxy) is 1. The van der Waals surface area contributed by atoms with Gasteiger partial charge < -0.3 is 19.9 Å². The Morgan fingerprint density at radius 3 is 2.83 bits per heavy atom. The first kappa shape index (κ1) is 17.0. The molecule has 1 aromatic heterocycles. The van der Waals surface area contributed by atoms with Crippen LogP contribution in [0.4, 0.5) is 4.39 Å². The Bertz CT molecular complexity index is 668. The van der Waals surface area contributed by atoms with E-state index in [2.05, 4.69) is 20.6 Å². The number of aliphatic imine (C=N–C) groups is 1. The van der Waals surface area contributed by atoms with Crippen LogP contribution in [0.15, 0.2) is 35.6 Å². The molecule has 2 aromatic rings. The highest BCUT2D eigenvalue weighted by molar-refractivity contribution is 5.79. The summed E-state index contributed by atoms with van der Waals surface area (Å²) >= 11 is 0. The van der Waals surface area contributed by atoms with Crippen molar-refractivity contribution in [3.05, 3.63) is 47.8 Å². The van der Waals surface area contributed by atoms with E-state index in [0.717, 1.165) is 11.4 Å². The highest BCUT2D eigenvalue weighted by Crippen LogP contribution is 2.16. The van der Waals surface area contributed by atoms with E-state index in [1.54, 1.807) is 37.2 Å². The van der Waals surface area contributed by atoms with Gasteiger partial charge in [-0.1, -0.05) is 6.07 Å². The summed E-state index contributed by atoms with van der Waals surface area (Å²) in [5, 5.41) is 6.24. The molecule has 1 aromatic carbocycles. The van der Waals surface area contributed by atoms with Crippen molar-refractivity contribution in [1.82, 2.24) is 20.2 Å². The van der Waals surface area contributed by atoms with Crippen LogP contribution in [0, 0.1) is 12.7 Å². The lowest BCUT2D eigenvalue weighted by atomic mass is 10.2. The number of imidazole rings is 1. The maximum atomic E-state index is 14.3. The number of hydrogen-bond acceptors (Lipinski definition) is 3. The zero-order valence-corrected chi connectivity index (χ0v) is 13.6. The highest BCUT2D eigenvalue weighted by Gasteiger charge is 2.08. The van der Waals surface area contributed by atoms with Gasteiger partial charge in [0.2, 0.25) is 0 Å². The Morgan fingerprint density at radius 1 is 1.39 bits per heavy atom. The molecule has 124 valence electrons. The van der Waals surface area contributed by atoms with Gasteiger partial charge in [-0.3, -0.25) is 4.99 Å². The van der Waals surface area contributed by atoms with Gasteiger partial charge in [-0.15, -0.1) is 0 Å². The largest absolute Gasteiger partial charge is 0.383 e. The second-order valence-corrected chi connectivity index (χ2v) is 4.98. The highest BCUT2D eigenvalue weighted by atomic mass is 19.1. The molecule has 1 heterocycles. The lowest BCUT2D eigenvalue weighted by Gasteiger charge is -2.12. The number of halogens is 1. The summed E-state index contributed by atoms with van der Waals surface area (Å²) in [6.45, 7) is 3.56. The molecule has 0 amide bonds. The summed E-state index contributed by atoms with van der Waals surface area (Å²) in [6.07, 6.45) is 3.40. The van der Waals surface area contributed by atoms with Crippen molar-refractivity contribution in [3.8, 4) is 5.69 Å². The monoisotopic (exact) mass is 319 g/mol. The van der Waals surface area contributed by atoms with Crippen LogP contribution < -0.4 is 10.6 Å². The molecule has 0 aliphatic rings. The molecule has 0 aliphatic heterocycles. The third-order valence-corrected chi connectivity index (χ3v) is 3.38. The van der Waals surface area contributed by atoms with Gasteiger partial charge in [0.25, 0.3) is 0 Å². The molecule has 0 bridgehead atoms. The summed E-state index contributed by atoms with van der Waals surface area (Å²) in [4.78, 5) is 8.21. The van der Waals surface area contributed by atoms with E-state index in [0.29, 0.717) is 31.3 Å². The predicted octanol–water partition coefficient (Wildman–Crippen LogP) is 1.63. The second-order valence-electron chi connectivity index (χ2n) is 4.98. The van der Waals surface area contributed by atoms with E-state index in [1.807, 2.05) is 13.0 Å². The minimum atomic E-state index is -0.285. The number of aryl methyl sites for hydroxylation is 1. The third kappa shape index (κ3) is 4.53. The van der Waals surface area contributed by atoms with E-state index in [-0.39, 0.29) is 5.82 Å². The average molecular weight is 319 g/mol. The minimum Gasteiger partial charge on any atom is -0.383 e. The smallest absolute Gasteiger partial charge is 0.191 e. The standard InChI is InChI=1S/C16H22FN5O/c1-12-19-6-8-22(12)15-5-4-13(10-14(15)17)11-21-16(18-2)20-7-9-23-3/h4-6,8,10H,7,9,11H2,1-3H3,(H2,18,20,21). The molecular weight excluding hydrogens is 297 g/mol. The number of guanidine groups is 1. The number of nitrogens with one attached hydrogen (secondary N) is 2. The molecule has 2 rings (SSSR count). The van der Waals surface area contributed by atoms with Gasteiger partial charge in [0, 0.05) is 39.6 Å². The maximum absolute atomic E-state index is 14.3. The number of benzene rings is 1. The fourth-order valence-corrected chi connectivity index (χ4v) is 2.17.